The molecule has 0 aliphatic carbocycles. The van der Waals surface area contributed by atoms with Crippen LogP contribution in [-0.4, -0.2) is 45.5 Å². The molecule has 1 unspecified atom stereocenters. The lowest BCUT2D eigenvalue weighted by Crippen LogP contribution is -2.20. The highest BCUT2D eigenvalue weighted by atomic mass is 16.5. The quantitative estimate of drug-likeness (QED) is 0.408. The van der Waals surface area contributed by atoms with Crippen molar-refractivity contribution in [3.05, 3.63) is 77.6 Å². The van der Waals surface area contributed by atoms with Crippen LogP contribution in [0.2, 0.25) is 0 Å². The van der Waals surface area contributed by atoms with Crippen LogP contribution >= 0.6 is 0 Å². The molecular formula is C22H20N8O2. The maximum Gasteiger partial charge on any atom is 0.259 e. The number of imidazole rings is 1. The van der Waals surface area contributed by atoms with Crippen molar-refractivity contribution in [3.8, 4) is 28.3 Å². The molecule has 0 saturated carbocycles. The predicted octanol–water partition coefficient (Wildman–Crippen LogP) is 2.22. The van der Waals surface area contributed by atoms with Crippen LogP contribution in [0.25, 0.3) is 28.2 Å². The molecule has 0 spiro atoms. The standard InChI is InChI=1S/C22H20N8O2/c1-15(13-29-14-24-26-27-29)32-17-6-3-5-16(11-17)19-8-9-21-23-12-20(30(21)25-19)18-7-4-10-28(2)22(18)31/h3-12,14-15H,13H2,1-2H3. The summed E-state index contributed by atoms with van der Waals surface area (Å²) in [5.41, 5.74) is 3.37. The molecule has 0 saturated heterocycles. The second-order valence-electron chi connectivity index (χ2n) is 7.46. The fourth-order valence-corrected chi connectivity index (χ4v) is 3.53. The topological polar surface area (TPSA) is 105 Å². The van der Waals surface area contributed by atoms with E-state index < -0.39 is 0 Å². The Morgan fingerprint density at radius 2 is 2.03 bits per heavy atom. The van der Waals surface area contributed by atoms with Crippen molar-refractivity contribution in [1.29, 1.82) is 0 Å². The molecule has 0 radical (unpaired) electrons. The third kappa shape index (κ3) is 3.73. The van der Waals surface area contributed by atoms with Crippen LogP contribution in [0.15, 0.2) is 72.0 Å². The van der Waals surface area contributed by atoms with Crippen molar-refractivity contribution in [2.45, 2.75) is 19.6 Å². The molecule has 4 heterocycles. The minimum Gasteiger partial charge on any atom is -0.489 e. The fourth-order valence-electron chi connectivity index (χ4n) is 3.53. The molecule has 0 fully saturated rings. The minimum absolute atomic E-state index is 0.103. The van der Waals surface area contributed by atoms with E-state index in [1.54, 1.807) is 41.0 Å². The van der Waals surface area contributed by atoms with E-state index in [9.17, 15) is 4.79 Å². The Labute approximate surface area is 182 Å². The summed E-state index contributed by atoms with van der Waals surface area (Å²) in [5.74, 6) is 0.716. The van der Waals surface area contributed by atoms with Gasteiger partial charge < -0.3 is 9.30 Å². The van der Waals surface area contributed by atoms with Gasteiger partial charge in [0.15, 0.2) is 5.65 Å². The summed E-state index contributed by atoms with van der Waals surface area (Å²) in [5, 5.41) is 15.9. The van der Waals surface area contributed by atoms with E-state index in [0.29, 0.717) is 29.2 Å². The average molecular weight is 428 g/mol. The molecule has 1 aromatic carbocycles. The van der Waals surface area contributed by atoms with Gasteiger partial charge in [-0.3, -0.25) is 4.79 Å². The van der Waals surface area contributed by atoms with Gasteiger partial charge in [-0.25, -0.2) is 14.2 Å². The molecule has 5 rings (SSSR count). The van der Waals surface area contributed by atoms with Crippen LogP contribution in [-0.2, 0) is 13.6 Å². The number of hydrogen-bond donors (Lipinski definition) is 0. The summed E-state index contributed by atoms with van der Waals surface area (Å²) in [6.45, 7) is 2.49. The van der Waals surface area contributed by atoms with Gasteiger partial charge in [-0.1, -0.05) is 12.1 Å². The SMILES string of the molecule is CC(Cn1cnnn1)Oc1cccc(-c2ccc3ncc(-c4cccn(C)c4=O)n3n2)c1. The van der Waals surface area contributed by atoms with Gasteiger partial charge in [0.25, 0.3) is 5.56 Å². The molecule has 10 heteroatoms. The van der Waals surface area contributed by atoms with Crippen LogP contribution in [0, 0.1) is 0 Å². The normalized spacial score (nSPS) is 12.2. The smallest absolute Gasteiger partial charge is 0.259 e. The number of hydrogen-bond acceptors (Lipinski definition) is 7. The molecule has 160 valence electrons. The zero-order valence-corrected chi connectivity index (χ0v) is 17.5. The second kappa shape index (κ2) is 8.06. The first kappa shape index (κ1) is 19.6. The maximum atomic E-state index is 12.6. The monoisotopic (exact) mass is 428 g/mol. The van der Waals surface area contributed by atoms with Crippen molar-refractivity contribution < 1.29 is 4.74 Å². The van der Waals surface area contributed by atoms with Crippen molar-refractivity contribution in [3.63, 3.8) is 0 Å². The molecule has 0 bridgehead atoms. The molecule has 0 aliphatic heterocycles. The van der Waals surface area contributed by atoms with E-state index in [-0.39, 0.29) is 11.7 Å². The summed E-state index contributed by atoms with van der Waals surface area (Å²) >= 11 is 0. The first-order valence-corrected chi connectivity index (χ1v) is 10.1. The molecule has 10 nitrogen and oxygen atoms in total. The summed E-state index contributed by atoms with van der Waals surface area (Å²) < 4.78 is 10.9. The van der Waals surface area contributed by atoms with Gasteiger partial charge in [-0.2, -0.15) is 5.10 Å². The van der Waals surface area contributed by atoms with Crippen LogP contribution in [0.1, 0.15) is 6.92 Å². The van der Waals surface area contributed by atoms with E-state index in [0.717, 1.165) is 11.3 Å². The van der Waals surface area contributed by atoms with Gasteiger partial charge in [0.1, 0.15) is 18.2 Å². The molecule has 0 amide bonds. The van der Waals surface area contributed by atoms with E-state index in [2.05, 4.69) is 20.5 Å². The first-order chi connectivity index (χ1) is 15.6. The van der Waals surface area contributed by atoms with Gasteiger partial charge in [-0.05, 0) is 53.7 Å². The number of fused-ring (bicyclic) bond motifs is 1. The summed E-state index contributed by atoms with van der Waals surface area (Å²) in [6.07, 6.45) is 4.82. The van der Waals surface area contributed by atoms with Crippen molar-refractivity contribution in [2.24, 2.45) is 7.05 Å². The van der Waals surface area contributed by atoms with Gasteiger partial charge in [0.05, 0.1) is 29.7 Å². The van der Waals surface area contributed by atoms with E-state index in [1.165, 1.54) is 4.57 Å². The Morgan fingerprint density at radius 3 is 2.88 bits per heavy atom. The van der Waals surface area contributed by atoms with Gasteiger partial charge in [0.2, 0.25) is 0 Å². The van der Waals surface area contributed by atoms with Crippen molar-refractivity contribution >= 4 is 5.65 Å². The Balaban J connectivity index is 1.47. The van der Waals surface area contributed by atoms with Crippen LogP contribution in [0.3, 0.4) is 0 Å². The largest absolute Gasteiger partial charge is 0.489 e. The summed E-state index contributed by atoms with van der Waals surface area (Å²) in [7, 11) is 1.72. The van der Waals surface area contributed by atoms with Gasteiger partial charge in [-0.15, -0.1) is 5.10 Å². The van der Waals surface area contributed by atoms with Crippen LogP contribution in [0.4, 0.5) is 0 Å². The number of pyridine rings is 1. The highest BCUT2D eigenvalue weighted by molar-refractivity contribution is 5.66. The number of benzene rings is 1. The molecule has 5 aromatic rings. The second-order valence-corrected chi connectivity index (χ2v) is 7.46. The first-order valence-electron chi connectivity index (χ1n) is 10.1. The Bertz CT molecular complexity index is 1440. The van der Waals surface area contributed by atoms with Crippen molar-refractivity contribution in [2.75, 3.05) is 0 Å². The zero-order valence-electron chi connectivity index (χ0n) is 17.5. The predicted molar refractivity (Wildman–Crippen MR) is 117 cm³/mol. The Hall–Kier alpha value is -4.34. The Morgan fingerprint density at radius 1 is 1.12 bits per heavy atom. The summed E-state index contributed by atoms with van der Waals surface area (Å²) in [6, 6.07) is 15.1. The van der Waals surface area contributed by atoms with Crippen molar-refractivity contribution in [1.82, 2.24) is 39.4 Å². The molecular weight excluding hydrogens is 408 g/mol. The molecule has 4 aromatic heterocycles. The number of tetrazole rings is 1. The molecule has 1 atom stereocenters. The number of rotatable bonds is 6. The third-order valence-corrected chi connectivity index (χ3v) is 5.06. The zero-order chi connectivity index (χ0) is 22.1. The lowest BCUT2D eigenvalue weighted by molar-refractivity contribution is 0.193. The van der Waals surface area contributed by atoms with Gasteiger partial charge in [0, 0.05) is 18.8 Å². The van der Waals surface area contributed by atoms with Gasteiger partial charge >= 0.3 is 0 Å². The minimum atomic E-state index is -0.126. The van der Waals surface area contributed by atoms with Crippen LogP contribution in [0.5, 0.6) is 5.75 Å². The average Bonchev–Trinajstić information content (AvgIpc) is 3.45. The summed E-state index contributed by atoms with van der Waals surface area (Å²) in [4.78, 5) is 17.0. The highest BCUT2D eigenvalue weighted by Gasteiger charge is 2.13. The van der Waals surface area contributed by atoms with Crippen LogP contribution < -0.4 is 10.3 Å². The Kier molecular flexibility index (Phi) is 4.94. The number of ether oxygens (including phenoxy) is 1. The lowest BCUT2D eigenvalue weighted by atomic mass is 10.1. The highest BCUT2D eigenvalue weighted by Crippen LogP contribution is 2.25. The van der Waals surface area contributed by atoms with E-state index in [4.69, 9.17) is 9.84 Å². The molecule has 32 heavy (non-hydrogen) atoms. The molecule has 0 aliphatic rings. The van der Waals surface area contributed by atoms with E-state index in [1.807, 2.05) is 49.4 Å². The molecule has 0 N–H and O–H groups in total. The lowest BCUT2D eigenvalue weighted by Gasteiger charge is -2.15. The van der Waals surface area contributed by atoms with E-state index >= 15 is 0 Å². The fraction of sp³-hybridized carbons (Fsp3) is 0.182. The third-order valence-electron chi connectivity index (χ3n) is 5.06. The number of aryl methyl sites for hydroxylation is 1. The number of aromatic nitrogens is 8. The maximum absolute atomic E-state index is 12.6. The number of nitrogens with zero attached hydrogens (tertiary/aromatic N) is 8.